The molecule has 5 nitrogen and oxygen atoms in total. The Morgan fingerprint density at radius 2 is 2.26 bits per heavy atom. The fraction of sp³-hybridized carbons (Fsp3) is 0.308. The summed E-state index contributed by atoms with van der Waals surface area (Å²) in [6, 6.07) is 6.17. The molecule has 1 fully saturated rings. The molecule has 0 atom stereocenters. The molecule has 0 aliphatic heterocycles. The standard InChI is InChI=1S/C13H9BrN4O/c14-11-3-10(19-8-13(7-16)1-2-13)6-18-12(11)9(4-15)5-17-18/h3,5-6H,1-2,8H2. The van der Waals surface area contributed by atoms with Crippen LogP contribution in [0.4, 0.5) is 0 Å². The van der Waals surface area contributed by atoms with Gasteiger partial charge in [0.25, 0.3) is 0 Å². The molecular formula is C13H9BrN4O. The summed E-state index contributed by atoms with van der Waals surface area (Å²) in [6.07, 6.45) is 5.02. The molecule has 1 aliphatic carbocycles. The van der Waals surface area contributed by atoms with Crippen molar-refractivity contribution in [3.63, 3.8) is 0 Å². The summed E-state index contributed by atoms with van der Waals surface area (Å²) in [5.74, 6) is 0.633. The second-order valence-corrected chi connectivity index (χ2v) is 5.52. The van der Waals surface area contributed by atoms with Crippen LogP contribution in [0.3, 0.4) is 0 Å². The van der Waals surface area contributed by atoms with Gasteiger partial charge < -0.3 is 4.74 Å². The number of pyridine rings is 1. The first-order valence-electron chi connectivity index (χ1n) is 5.78. The molecule has 0 N–H and O–H groups in total. The van der Waals surface area contributed by atoms with E-state index in [1.165, 1.54) is 6.20 Å². The Labute approximate surface area is 118 Å². The molecule has 1 saturated carbocycles. The zero-order chi connectivity index (χ0) is 13.5. The van der Waals surface area contributed by atoms with Crippen molar-refractivity contribution < 1.29 is 4.74 Å². The number of nitrogens with zero attached hydrogens (tertiary/aromatic N) is 4. The minimum atomic E-state index is -0.302. The highest BCUT2D eigenvalue weighted by Crippen LogP contribution is 2.45. The second kappa shape index (κ2) is 4.25. The molecule has 0 bridgehead atoms. The van der Waals surface area contributed by atoms with Crippen molar-refractivity contribution in [3.05, 3.63) is 28.5 Å². The van der Waals surface area contributed by atoms with Crippen LogP contribution in [0.25, 0.3) is 5.52 Å². The molecule has 0 amide bonds. The summed E-state index contributed by atoms with van der Waals surface area (Å²) < 4.78 is 8.01. The summed E-state index contributed by atoms with van der Waals surface area (Å²) in [4.78, 5) is 0. The topological polar surface area (TPSA) is 74.1 Å². The van der Waals surface area contributed by atoms with Gasteiger partial charge in [-0.25, -0.2) is 4.52 Å². The van der Waals surface area contributed by atoms with E-state index >= 15 is 0 Å². The summed E-state index contributed by atoms with van der Waals surface area (Å²) in [6.45, 7) is 0.397. The van der Waals surface area contributed by atoms with E-state index in [-0.39, 0.29) is 5.41 Å². The molecular weight excluding hydrogens is 308 g/mol. The lowest BCUT2D eigenvalue weighted by molar-refractivity contribution is 0.267. The number of fused-ring (bicyclic) bond motifs is 1. The van der Waals surface area contributed by atoms with Gasteiger partial charge in [0.1, 0.15) is 18.4 Å². The van der Waals surface area contributed by atoms with Crippen molar-refractivity contribution in [1.82, 2.24) is 9.61 Å². The molecule has 94 valence electrons. The van der Waals surface area contributed by atoms with Crippen molar-refractivity contribution in [2.75, 3.05) is 6.61 Å². The zero-order valence-electron chi connectivity index (χ0n) is 9.93. The number of rotatable bonds is 3. The fourth-order valence-electron chi connectivity index (χ4n) is 1.87. The quantitative estimate of drug-likeness (QED) is 0.872. The number of aromatic nitrogens is 2. The van der Waals surface area contributed by atoms with Crippen LogP contribution in [0.1, 0.15) is 18.4 Å². The largest absolute Gasteiger partial charge is 0.490 e. The first kappa shape index (κ1) is 12.0. The molecule has 0 radical (unpaired) electrons. The molecule has 2 aromatic rings. The minimum absolute atomic E-state index is 0.302. The Hall–Kier alpha value is -2.05. The Balaban J connectivity index is 1.90. The van der Waals surface area contributed by atoms with Crippen molar-refractivity contribution in [2.24, 2.45) is 5.41 Å². The lowest BCUT2D eigenvalue weighted by Gasteiger charge is -2.10. The predicted octanol–water partition coefficient (Wildman–Crippen LogP) is 2.65. The number of hydrogen-bond donors (Lipinski definition) is 0. The number of halogens is 1. The van der Waals surface area contributed by atoms with E-state index in [4.69, 9.17) is 15.3 Å². The average molecular weight is 317 g/mol. The summed E-state index contributed by atoms with van der Waals surface area (Å²) in [5.41, 5.74) is 0.925. The Morgan fingerprint density at radius 3 is 2.89 bits per heavy atom. The van der Waals surface area contributed by atoms with E-state index in [2.05, 4.69) is 33.2 Å². The maximum absolute atomic E-state index is 9.00. The van der Waals surface area contributed by atoms with E-state index in [9.17, 15) is 0 Å². The van der Waals surface area contributed by atoms with E-state index in [1.807, 2.05) is 0 Å². The highest BCUT2D eigenvalue weighted by molar-refractivity contribution is 9.10. The Morgan fingerprint density at radius 1 is 1.47 bits per heavy atom. The van der Waals surface area contributed by atoms with E-state index in [0.29, 0.717) is 17.9 Å². The van der Waals surface area contributed by atoms with Gasteiger partial charge in [0.05, 0.1) is 35.0 Å². The maximum atomic E-state index is 9.00. The van der Waals surface area contributed by atoms with Gasteiger partial charge in [0, 0.05) is 4.47 Å². The van der Waals surface area contributed by atoms with Crippen molar-refractivity contribution in [2.45, 2.75) is 12.8 Å². The fourth-order valence-corrected chi connectivity index (χ4v) is 2.49. The highest BCUT2D eigenvalue weighted by atomic mass is 79.9. The van der Waals surface area contributed by atoms with Gasteiger partial charge in [-0.3, -0.25) is 0 Å². The van der Waals surface area contributed by atoms with Gasteiger partial charge in [0.15, 0.2) is 0 Å². The molecule has 0 saturated heterocycles. The molecule has 6 heteroatoms. The molecule has 2 aromatic heterocycles. The monoisotopic (exact) mass is 316 g/mol. The zero-order valence-corrected chi connectivity index (χ0v) is 11.5. The molecule has 3 rings (SSSR count). The lowest BCUT2D eigenvalue weighted by atomic mass is 10.1. The van der Waals surface area contributed by atoms with Crippen molar-refractivity contribution in [1.29, 1.82) is 10.5 Å². The predicted molar refractivity (Wildman–Crippen MR) is 70.4 cm³/mol. The molecule has 0 spiro atoms. The van der Waals surface area contributed by atoms with Crippen LogP contribution in [0.5, 0.6) is 5.75 Å². The van der Waals surface area contributed by atoms with E-state index in [0.717, 1.165) is 22.8 Å². The molecule has 2 heterocycles. The van der Waals surface area contributed by atoms with Gasteiger partial charge >= 0.3 is 0 Å². The van der Waals surface area contributed by atoms with Crippen LogP contribution in [0.15, 0.2) is 22.9 Å². The van der Waals surface area contributed by atoms with E-state index < -0.39 is 0 Å². The third kappa shape index (κ3) is 2.05. The van der Waals surface area contributed by atoms with Crippen molar-refractivity contribution in [3.8, 4) is 17.9 Å². The van der Waals surface area contributed by atoms with Crippen molar-refractivity contribution >= 4 is 21.4 Å². The highest BCUT2D eigenvalue weighted by Gasteiger charge is 2.44. The molecule has 0 aromatic carbocycles. The smallest absolute Gasteiger partial charge is 0.138 e. The third-order valence-electron chi connectivity index (χ3n) is 3.27. The normalized spacial score (nSPS) is 15.7. The summed E-state index contributed by atoms with van der Waals surface area (Å²) >= 11 is 3.41. The third-order valence-corrected chi connectivity index (χ3v) is 3.87. The Bertz CT molecular complexity index is 733. The first-order valence-corrected chi connectivity index (χ1v) is 6.58. The number of nitriles is 2. The van der Waals surface area contributed by atoms with Crippen LogP contribution >= 0.6 is 15.9 Å². The molecule has 0 unspecified atom stereocenters. The van der Waals surface area contributed by atoms with Crippen LogP contribution in [-0.4, -0.2) is 16.2 Å². The minimum Gasteiger partial charge on any atom is -0.490 e. The second-order valence-electron chi connectivity index (χ2n) is 4.67. The van der Waals surface area contributed by atoms with Gasteiger partial charge in [-0.2, -0.15) is 15.6 Å². The summed E-state index contributed by atoms with van der Waals surface area (Å²) in [5, 5.41) is 22.1. The first-order chi connectivity index (χ1) is 9.17. The van der Waals surface area contributed by atoms with Crippen LogP contribution < -0.4 is 4.74 Å². The molecule has 1 aliphatic rings. The molecule has 19 heavy (non-hydrogen) atoms. The van der Waals surface area contributed by atoms with E-state index in [1.54, 1.807) is 16.8 Å². The van der Waals surface area contributed by atoms with Gasteiger partial charge in [-0.1, -0.05) is 0 Å². The summed E-state index contributed by atoms with van der Waals surface area (Å²) in [7, 11) is 0. The van der Waals surface area contributed by atoms with Gasteiger partial charge in [0.2, 0.25) is 0 Å². The number of ether oxygens (including phenoxy) is 1. The number of hydrogen-bond acceptors (Lipinski definition) is 4. The van der Waals surface area contributed by atoms with Crippen LogP contribution in [-0.2, 0) is 0 Å². The van der Waals surface area contributed by atoms with Gasteiger partial charge in [-0.15, -0.1) is 0 Å². The maximum Gasteiger partial charge on any atom is 0.138 e. The van der Waals surface area contributed by atoms with Gasteiger partial charge in [-0.05, 0) is 34.8 Å². The van der Waals surface area contributed by atoms with Crippen LogP contribution in [0, 0.1) is 28.1 Å². The average Bonchev–Trinajstić information content (AvgIpc) is 3.08. The lowest BCUT2D eigenvalue weighted by Crippen LogP contribution is -2.11. The SMILES string of the molecule is N#Cc1cnn2cc(OCC3(C#N)CC3)cc(Br)c12. The van der Waals surface area contributed by atoms with Crippen LogP contribution in [0.2, 0.25) is 0 Å². The Kier molecular flexibility index (Phi) is 2.69.